The van der Waals surface area contributed by atoms with Gasteiger partial charge in [0.15, 0.2) is 0 Å². The number of allylic oxidation sites excluding steroid dienone is 2. The molecule has 3 aromatic rings. The molecule has 2 aliphatic heterocycles. The predicted octanol–water partition coefficient (Wildman–Crippen LogP) is 4.76. The zero-order chi connectivity index (χ0) is 33.1. The minimum Gasteiger partial charge on any atom is -0.508 e. The van der Waals surface area contributed by atoms with Gasteiger partial charge in [0.05, 0.1) is 6.54 Å². The molecule has 1 aliphatic carbocycles. The van der Waals surface area contributed by atoms with Gasteiger partial charge in [-0.25, -0.2) is 9.80 Å². The van der Waals surface area contributed by atoms with Gasteiger partial charge in [0.1, 0.15) is 24.5 Å². The van der Waals surface area contributed by atoms with Gasteiger partial charge in [0, 0.05) is 37.4 Å². The number of nitrogens with zero attached hydrogens (tertiary/aromatic N) is 5. The van der Waals surface area contributed by atoms with E-state index < -0.39 is 18.2 Å². The Morgan fingerprint density at radius 1 is 1.02 bits per heavy atom. The van der Waals surface area contributed by atoms with E-state index in [4.69, 9.17) is 0 Å². The molecule has 0 spiro atoms. The molecule has 242 valence electrons. The predicted molar refractivity (Wildman–Crippen MR) is 180 cm³/mol. The highest BCUT2D eigenvalue weighted by Gasteiger charge is 2.51. The van der Waals surface area contributed by atoms with E-state index in [1.165, 1.54) is 10.6 Å². The number of hydrogen-bond donors (Lipinski definition) is 2. The maximum atomic E-state index is 14.3. The Balaban J connectivity index is 1.33. The normalized spacial score (nSPS) is 18.8. The second kappa shape index (κ2) is 13.5. The van der Waals surface area contributed by atoms with Crippen molar-refractivity contribution in [1.29, 1.82) is 0 Å². The second-order valence-corrected chi connectivity index (χ2v) is 12.2. The van der Waals surface area contributed by atoms with Crippen LogP contribution in [0.5, 0.6) is 5.75 Å². The number of nitrogens with one attached hydrogen (secondary N) is 1. The molecule has 2 N–H and O–H groups in total. The summed E-state index contributed by atoms with van der Waals surface area (Å²) in [5.41, 5.74) is 5.51. The van der Waals surface area contributed by atoms with Gasteiger partial charge in [0.25, 0.3) is 0 Å². The SMILES string of the molecule is C=CN(CC1=CC1)c1cccc(CN2C[C@H]3N(C(=O)CN(C(=C)C)N3C(=O)NCc3ccccc3)[C@@H](Cc3ccc(O)cc3)C2=O)c1. The lowest BCUT2D eigenvalue weighted by atomic mass is 9.98. The van der Waals surface area contributed by atoms with Crippen LogP contribution in [0.4, 0.5) is 10.5 Å². The topological polar surface area (TPSA) is 99.7 Å². The molecule has 6 rings (SSSR count). The number of hydrogen-bond acceptors (Lipinski definition) is 6. The molecule has 2 saturated heterocycles. The summed E-state index contributed by atoms with van der Waals surface area (Å²) in [6, 6.07) is 23.0. The number of piperazine rings is 1. The van der Waals surface area contributed by atoms with Gasteiger partial charge in [-0.2, -0.15) is 0 Å². The molecule has 0 radical (unpaired) electrons. The van der Waals surface area contributed by atoms with E-state index in [0.717, 1.165) is 35.3 Å². The van der Waals surface area contributed by atoms with Crippen LogP contribution in [-0.4, -0.2) is 74.6 Å². The summed E-state index contributed by atoms with van der Waals surface area (Å²) in [6.07, 6.45) is 4.46. The number of hydrazine groups is 1. The number of amides is 4. The first-order valence-corrected chi connectivity index (χ1v) is 15.8. The lowest BCUT2D eigenvalue weighted by Crippen LogP contribution is -2.76. The summed E-state index contributed by atoms with van der Waals surface area (Å²) in [6.45, 7) is 11.2. The highest BCUT2D eigenvalue weighted by Crippen LogP contribution is 2.31. The second-order valence-electron chi connectivity index (χ2n) is 12.2. The Morgan fingerprint density at radius 2 is 1.74 bits per heavy atom. The van der Waals surface area contributed by atoms with Crippen molar-refractivity contribution < 1.29 is 19.5 Å². The third-order valence-corrected chi connectivity index (χ3v) is 8.76. The average Bonchev–Trinajstić information content (AvgIpc) is 3.90. The Hall–Kier alpha value is -5.51. The number of phenols is 1. The Labute approximate surface area is 275 Å². The fraction of sp³-hybridized carbons (Fsp3) is 0.270. The number of aromatic hydroxyl groups is 1. The highest BCUT2D eigenvalue weighted by atomic mass is 16.3. The van der Waals surface area contributed by atoms with Crippen molar-refractivity contribution in [3.05, 3.63) is 132 Å². The van der Waals surface area contributed by atoms with E-state index in [9.17, 15) is 19.5 Å². The minimum atomic E-state index is -0.864. The van der Waals surface area contributed by atoms with Crippen molar-refractivity contribution in [2.24, 2.45) is 0 Å². The fourth-order valence-corrected chi connectivity index (χ4v) is 6.23. The molecule has 3 aliphatic rings. The quantitative estimate of drug-likeness (QED) is 0.296. The molecule has 2 atom stereocenters. The van der Waals surface area contributed by atoms with Crippen LogP contribution in [0.1, 0.15) is 30.0 Å². The van der Waals surface area contributed by atoms with E-state index in [-0.39, 0.29) is 43.6 Å². The molecule has 2 heterocycles. The number of carbonyl (C=O) groups excluding carboxylic acids is 3. The van der Waals surface area contributed by atoms with Gasteiger partial charge >= 0.3 is 6.03 Å². The third kappa shape index (κ3) is 7.01. The number of urea groups is 1. The summed E-state index contributed by atoms with van der Waals surface area (Å²) in [5.74, 6) is -0.354. The molecule has 10 nitrogen and oxygen atoms in total. The minimum absolute atomic E-state index is 0.113. The first-order valence-electron chi connectivity index (χ1n) is 15.8. The molecule has 3 aromatic carbocycles. The lowest BCUT2D eigenvalue weighted by molar-refractivity contribution is -0.186. The first kappa shape index (κ1) is 31.5. The van der Waals surface area contributed by atoms with Crippen LogP contribution in [0.3, 0.4) is 0 Å². The largest absolute Gasteiger partial charge is 0.508 e. The van der Waals surface area contributed by atoms with E-state index in [2.05, 4.69) is 35.5 Å². The van der Waals surface area contributed by atoms with Gasteiger partial charge in [-0.1, -0.05) is 79.4 Å². The number of benzene rings is 3. The van der Waals surface area contributed by atoms with E-state index in [1.807, 2.05) is 54.7 Å². The number of anilines is 1. The summed E-state index contributed by atoms with van der Waals surface area (Å²) >= 11 is 0. The van der Waals surface area contributed by atoms with Crippen LogP contribution in [-0.2, 0) is 29.1 Å². The summed E-state index contributed by atoms with van der Waals surface area (Å²) in [4.78, 5) is 47.6. The molecule has 2 fully saturated rings. The van der Waals surface area contributed by atoms with Crippen LogP contribution < -0.4 is 10.2 Å². The maximum Gasteiger partial charge on any atom is 0.338 e. The molecule has 0 aromatic heterocycles. The molecular formula is C37H40N6O4. The smallest absolute Gasteiger partial charge is 0.338 e. The monoisotopic (exact) mass is 632 g/mol. The molecule has 0 saturated carbocycles. The average molecular weight is 633 g/mol. The molecule has 4 amide bonds. The van der Waals surface area contributed by atoms with Gasteiger partial charge in [-0.15, -0.1) is 0 Å². The van der Waals surface area contributed by atoms with Crippen LogP contribution in [0, 0.1) is 0 Å². The summed E-state index contributed by atoms with van der Waals surface area (Å²) in [7, 11) is 0. The lowest BCUT2D eigenvalue weighted by Gasteiger charge is -2.55. The number of carbonyl (C=O) groups is 3. The van der Waals surface area contributed by atoms with E-state index >= 15 is 0 Å². The molecule has 47 heavy (non-hydrogen) atoms. The van der Waals surface area contributed by atoms with Gasteiger partial charge < -0.3 is 25.1 Å². The van der Waals surface area contributed by atoms with Crippen molar-refractivity contribution >= 4 is 23.5 Å². The van der Waals surface area contributed by atoms with Gasteiger partial charge in [-0.05, 0) is 60.5 Å². The molecule has 0 unspecified atom stereocenters. The number of phenolic OH excluding ortho intramolecular Hbond substituents is 1. The molecule has 0 bridgehead atoms. The van der Waals surface area contributed by atoms with Crippen LogP contribution in [0.25, 0.3) is 0 Å². The maximum absolute atomic E-state index is 14.3. The van der Waals surface area contributed by atoms with Crippen molar-refractivity contribution in [3.8, 4) is 5.75 Å². The van der Waals surface area contributed by atoms with Gasteiger partial charge in [-0.3, -0.25) is 14.6 Å². The zero-order valence-electron chi connectivity index (χ0n) is 26.6. The van der Waals surface area contributed by atoms with Crippen molar-refractivity contribution in [2.45, 2.75) is 45.1 Å². The molecular weight excluding hydrogens is 592 g/mol. The van der Waals surface area contributed by atoms with Crippen molar-refractivity contribution in [1.82, 2.24) is 25.1 Å². The van der Waals surface area contributed by atoms with Crippen LogP contribution >= 0.6 is 0 Å². The Kier molecular flexibility index (Phi) is 9.01. The van der Waals surface area contributed by atoms with Crippen molar-refractivity contribution in [3.63, 3.8) is 0 Å². The zero-order valence-corrected chi connectivity index (χ0v) is 26.6. The highest BCUT2D eigenvalue weighted by molar-refractivity contribution is 5.92. The molecule has 10 heteroatoms. The first-order chi connectivity index (χ1) is 22.7. The summed E-state index contributed by atoms with van der Waals surface area (Å²) in [5, 5.41) is 16.0. The van der Waals surface area contributed by atoms with Crippen molar-refractivity contribution in [2.75, 3.05) is 24.5 Å². The van der Waals surface area contributed by atoms with Gasteiger partial charge in [0.2, 0.25) is 11.8 Å². The summed E-state index contributed by atoms with van der Waals surface area (Å²) < 4.78 is 0. The standard InChI is InChI=1S/C37H40N6O4/c1-4-39(22-29-13-14-29)31-12-8-11-30(19-31)23-40-24-34-42(33(36(40)46)20-27-15-17-32(44)18-16-27)35(45)25-41(26(2)3)43(34)37(47)38-21-28-9-6-5-7-10-28/h4-13,15-19,33-34,44H,1-2,14,20-25H2,3H3,(H,38,47)/t33-,34-/m0/s1. The number of fused-ring (bicyclic) bond motifs is 1. The van der Waals surface area contributed by atoms with Crippen LogP contribution in [0.15, 0.2) is 116 Å². The van der Waals surface area contributed by atoms with Crippen LogP contribution in [0.2, 0.25) is 0 Å². The number of rotatable bonds is 11. The third-order valence-electron chi connectivity index (χ3n) is 8.76. The van der Waals surface area contributed by atoms with E-state index in [1.54, 1.807) is 46.0 Å². The van der Waals surface area contributed by atoms with E-state index in [0.29, 0.717) is 12.2 Å². The Bertz CT molecular complexity index is 1710. The Morgan fingerprint density at radius 3 is 2.43 bits per heavy atom. The fourth-order valence-electron chi connectivity index (χ4n) is 6.23.